The van der Waals surface area contributed by atoms with Crippen LogP contribution in [0, 0.1) is 5.82 Å². The van der Waals surface area contributed by atoms with Crippen molar-refractivity contribution >= 4 is 32.6 Å². The minimum atomic E-state index is -0.770. The molecule has 3 aromatic rings. The third-order valence-corrected chi connectivity index (χ3v) is 5.74. The Hall–Kier alpha value is -2.71. The molecule has 2 aromatic carbocycles. The smallest absolute Gasteiger partial charge is 0.273 e. The molecule has 1 aliphatic rings. The molecule has 1 aliphatic heterocycles. The number of amides is 1. The molecule has 0 saturated carbocycles. The van der Waals surface area contributed by atoms with E-state index in [4.69, 9.17) is 9.47 Å². The van der Waals surface area contributed by atoms with Gasteiger partial charge in [0.25, 0.3) is 5.91 Å². The van der Waals surface area contributed by atoms with Crippen LogP contribution in [0.2, 0.25) is 0 Å². The van der Waals surface area contributed by atoms with Gasteiger partial charge in [0.15, 0.2) is 16.6 Å². The first-order chi connectivity index (χ1) is 14.0. The van der Waals surface area contributed by atoms with Crippen molar-refractivity contribution < 1.29 is 23.6 Å². The highest BCUT2D eigenvalue weighted by Crippen LogP contribution is 2.34. The molecule has 0 spiro atoms. The largest absolute Gasteiger partial charge is 0.485 e. The van der Waals surface area contributed by atoms with Crippen molar-refractivity contribution in [2.75, 3.05) is 38.7 Å². The van der Waals surface area contributed by atoms with Gasteiger partial charge < -0.3 is 14.4 Å². The zero-order valence-electron chi connectivity index (χ0n) is 16.4. The Kier molecular flexibility index (Phi) is 5.64. The van der Waals surface area contributed by atoms with Gasteiger partial charge in [-0.25, -0.2) is 9.37 Å². The Morgan fingerprint density at radius 2 is 2.03 bits per heavy atom. The van der Waals surface area contributed by atoms with Gasteiger partial charge in [-0.2, -0.15) is 0 Å². The average molecular weight is 416 g/mol. The summed E-state index contributed by atoms with van der Waals surface area (Å²) in [6.45, 7) is 1.51. The fourth-order valence-corrected chi connectivity index (χ4v) is 4.24. The lowest BCUT2D eigenvalue weighted by atomic mass is 10.2. The Bertz CT molecular complexity index is 1020. The average Bonchev–Trinajstić information content (AvgIpc) is 3.15. The molecule has 2 heterocycles. The first kappa shape index (κ1) is 19.6. The molecular formula is C21H23FN3O3S+. The maximum absolute atomic E-state index is 14.1. The van der Waals surface area contributed by atoms with Crippen molar-refractivity contribution in [1.29, 1.82) is 0 Å². The molecule has 0 saturated heterocycles. The predicted octanol–water partition coefficient (Wildman–Crippen LogP) is 2.14. The van der Waals surface area contributed by atoms with Gasteiger partial charge in [0.2, 0.25) is 6.10 Å². The second-order valence-electron chi connectivity index (χ2n) is 7.25. The molecule has 0 radical (unpaired) electrons. The number of anilines is 1. The van der Waals surface area contributed by atoms with Gasteiger partial charge in [-0.15, -0.1) is 0 Å². The first-order valence-electron chi connectivity index (χ1n) is 9.57. The van der Waals surface area contributed by atoms with Crippen LogP contribution in [0.15, 0.2) is 42.5 Å². The molecule has 1 aromatic heterocycles. The number of quaternary nitrogens is 1. The van der Waals surface area contributed by atoms with E-state index in [1.54, 1.807) is 17.0 Å². The molecular weight excluding hydrogens is 393 g/mol. The van der Waals surface area contributed by atoms with Gasteiger partial charge >= 0.3 is 0 Å². The third kappa shape index (κ3) is 4.18. The summed E-state index contributed by atoms with van der Waals surface area (Å²) >= 11 is 1.31. The van der Waals surface area contributed by atoms with Crippen molar-refractivity contribution in [1.82, 2.24) is 4.98 Å². The zero-order chi connectivity index (χ0) is 20.4. The fourth-order valence-electron chi connectivity index (χ4n) is 3.22. The van der Waals surface area contributed by atoms with Gasteiger partial charge in [0, 0.05) is 13.0 Å². The van der Waals surface area contributed by atoms with Gasteiger partial charge in [-0.05, 0) is 24.3 Å². The fraction of sp³-hybridized carbons (Fsp3) is 0.333. The Balaban J connectivity index is 1.61. The molecule has 0 bridgehead atoms. The second-order valence-corrected chi connectivity index (χ2v) is 8.26. The summed E-state index contributed by atoms with van der Waals surface area (Å²) < 4.78 is 26.5. The molecule has 29 heavy (non-hydrogen) atoms. The number of nitrogens with zero attached hydrogens (tertiary/aromatic N) is 2. The summed E-state index contributed by atoms with van der Waals surface area (Å²) in [6, 6.07) is 12.1. The van der Waals surface area contributed by atoms with Crippen molar-refractivity contribution in [3.63, 3.8) is 0 Å². The van der Waals surface area contributed by atoms with Crippen LogP contribution in [-0.4, -0.2) is 50.8 Å². The number of ether oxygens (including phenoxy) is 2. The topological polar surface area (TPSA) is 56.1 Å². The van der Waals surface area contributed by atoms with Gasteiger partial charge in [-0.1, -0.05) is 29.5 Å². The molecule has 8 heteroatoms. The summed E-state index contributed by atoms with van der Waals surface area (Å²) in [7, 11) is 4.13. The highest BCUT2D eigenvalue weighted by Gasteiger charge is 2.33. The summed E-state index contributed by atoms with van der Waals surface area (Å²) in [5.74, 6) is 0.556. The molecule has 0 fully saturated rings. The highest BCUT2D eigenvalue weighted by molar-refractivity contribution is 7.22. The van der Waals surface area contributed by atoms with Crippen LogP contribution >= 0.6 is 11.3 Å². The van der Waals surface area contributed by atoms with E-state index in [1.165, 1.54) is 22.3 Å². The zero-order valence-corrected chi connectivity index (χ0v) is 17.2. The summed E-state index contributed by atoms with van der Waals surface area (Å²) in [4.78, 5) is 20.6. The van der Waals surface area contributed by atoms with Crippen LogP contribution in [-0.2, 0) is 4.79 Å². The number of carbonyl (C=O) groups excluding carboxylic acids is 1. The van der Waals surface area contributed by atoms with Crippen molar-refractivity contribution in [3.05, 3.63) is 48.3 Å². The normalized spacial score (nSPS) is 15.7. The van der Waals surface area contributed by atoms with E-state index in [0.717, 1.165) is 13.0 Å². The monoisotopic (exact) mass is 416 g/mol. The third-order valence-electron chi connectivity index (χ3n) is 4.70. The van der Waals surface area contributed by atoms with Crippen LogP contribution < -0.4 is 19.3 Å². The van der Waals surface area contributed by atoms with Gasteiger partial charge in [0.1, 0.15) is 17.9 Å². The molecule has 1 N–H and O–H groups in total. The van der Waals surface area contributed by atoms with E-state index in [-0.39, 0.29) is 23.8 Å². The number of para-hydroxylation sites is 3. The molecule has 6 nitrogen and oxygen atoms in total. The summed E-state index contributed by atoms with van der Waals surface area (Å²) in [6.07, 6.45) is 0.0184. The minimum absolute atomic E-state index is 0.129. The van der Waals surface area contributed by atoms with Crippen LogP contribution in [0.1, 0.15) is 6.42 Å². The van der Waals surface area contributed by atoms with E-state index in [0.29, 0.717) is 27.9 Å². The van der Waals surface area contributed by atoms with E-state index < -0.39 is 6.10 Å². The summed E-state index contributed by atoms with van der Waals surface area (Å²) in [5.41, 5.74) is 0.287. The maximum atomic E-state index is 14.1. The van der Waals surface area contributed by atoms with Gasteiger partial charge in [-0.3, -0.25) is 9.69 Å². The molecule has 0 aliphatic carbocycles. The number of hydrogen-bond acceptors (Lipinski definition) is 5. The van der Waals surface area contributed by atoms with E-state index >= 15 is 0 Å². The van der Waals surface area contributed by atoms with Crippen molar-refractivity contribution in [2.24, 2.45) is 0 Å². The quantitative estimate of drug-likeness (QED) is 0.669. The number of nitrogens with one attached hydrogen (secondary N) is 1. The van der Waals surface area contributed by atoms with E-state index in [9.17, 15) is 9.18 Å². The number of fused-ring (bicyclic) bond motifs is 2. The number of halogens is 1. The van der Waals surface area contributed by atoms with Crippen LogP contribution in [0.3, 0.4) is 0 Å². The molecule has 0 unspecified atom stereocenters. The maximum Gasteiger partial charge on any atom is 0.273 e. The number of thiazole rings is 1. The lowest BCUT2D eigenvalue weighted by Gasteiger charge is -2.29. The van der Waals surface area contributed by atoms with Crippen molar-refractivity contribution in [3.8, 4) is 11.5 Å². The number of benzene rings is 2. The predicted molar refractivity (Wildman–Crippen MR) is 111 cm³/mol. The molecule has 152 valence electrons. The first-order valence-corrected chi connectivity index (χ1v) is 10.4. The number of aromatic nitrogens is 1. The standard InChI is InChI=1S/C21H22FN3O3S/c1-24(2)11-6-12-25(21-23-19-14(22)7-5-10-18(19)29-21)20(26)17-13-27-15-8-3-4-9-16(15)28-17/h3-5,7-10,17H,6,11-13H2,1-2H3/p+1/t17-/m1/s1. The molecule has 1 amide bonds. The lowest BCUT2D eigenvalue weighted by Crippen LogP contribution is -3.05. The van der Waals surface area contributed by atoms with Crippen LogP contribution in [0.25, 0.3) is 10.2 Å². The van der Waals surface area contributed by atoms with Crippen LogP contribution in [0.5, 0.6) is 11.5 Å². The highest BCUT2D eigenvalue weighted by atomic mass is 32.1. The number of hydrogen-bond donors (Lipinski definition) is 1. The van der Waals surface area contributed by atoms with Crippen LogP contribution in [0.4, 0.5) is 9.52 Å². The summed E-state index contributed by atoms with van der Waals surface area (Å²) in [5, 5.41) is 0.478. The SMILES string of the molecule is C[NH+](C)CCCN(C(=O)[C@H]1COc2ccccc2O1)c1nc2c(F)cccc2s1. The molecule has 1 atom stereocenters. The van der Waals surface area contributed by atoms with E-state index in [1.807, 2.05) is 24.3 Å². The molecule has 4 rings (SSSR count). The van der Waals surface area contributed by atoms with Gasteiger partial charge in [0.05, 0.1) is 25.3 Å². The second kappa shape index (κ2) is 8.34. The number of rotatable bonds is 6. The van der Waals surface area contributed by atoms with E-state index in [2.05, 4.69) is 19.1 Å². The number of carbonyl (C=O) groups is 1. The Morgan fingerprint density at radius 1 is 1.24 bits per heavy atom. The lowest BCUT2D eigenvalue weighted by molar-refractivity contribution is -0.858. The van der Waals surface area contributed by atoms with Crippen molar-refractivity contribution in [2.45, 2.75) is 12.5 Å². The minimum Gasteiger partial charge on any atom is -0.485 e. The Labute approximate surface area is 172 Å². The Morgan fingerprint density at radius 3 is 2.79 bits per heavy atom.